The van der Waals surface area contributed by atoms with Gasteiger partial charge in [0.25, 0.3) is 0 Å². The van der Waals surface area contributed by atoms with E-state index < -0.39 is 11.4 Å². The molecule has 0 amide bonds. The molecule has 0 atom stereocenters. The van der Waals surface area contributed by atoms with Gasteiger partial charge in [-0.05, 0) is 30.5 Å². The Morgan fingerprint density at radius 2 is 2.00 bits per heavy atom. The van der Waals surface area contributed by atoms with Gasteiger partial charge in [0.05, 0.1) is 30.7 Å². The lowest BCUT2D eigenvalue weighted by Crippen LogP contribution is -2.20. The second-order valence-corrected chi connectivity index (χ2v) is 5.34. The summed E-state index contributed by atoms with van der Waals surface area (Å²) in [6.07, 6.45) is 3.65. The largest absolute Gasteiger partial charge is 0.496 e. The third-order valence-electron chi connectivity index (χ3n) is 3.89. The van der Waals surface area contributed by atoms with E-state index in [1.165, 1.54) is 14.2 Å². The van der Waals surface area contributed by atoms with Crippen LogP contribution in [0.15, 0.2) is 12.1 Å². The standard InChI is InChI=1S/C15H16ClNO3/c1-19-12-8-10(15(9-17)5-3-4-6-15)7-11(16)13(12)14(18)20-2/h7-8H,3-6H2,1-2H3. The molecule has 1 aromatic carbocycles. The van der Waals surface area contributed by atoms with Crippen LogP contribution in [0.1, 0.15) is 41.6 Å². The molecule has 0 heterocycles. The highest BCUT2D eigenvalue weighted by Crippen LogP contribution is 2.43. The van der Waals surface area contributed by atoms with Gasteiger partial charge in [0.15, 0.2) is 0 Å². The predicted molar refractivity (Wildman–Crippen MR) is 75.1 cm³/mol. The van der Waals surface area contributed by atoms with Gasteiger partial charge >= 0.3 is 5.97 Å². The Balaban J connectivity index is 2.56. The van der Waals surface area contributed by atoms with Gasteiger partial charge in [-0.25, -0.2) is 4.79 Å². The topological polar surface area (TPSA) is 59.3 Å². The van der Waals surface area contributed by atoms with Crippen LogP contribution < -0.4 is 4.74 Å². The van der Waals surface area contributed by atoms with Crippen molar-refractivity contribution in [1.82, 2.24) is 0 Å². The Morgan fingerprint density at radius 1 is 1.35 bits per heavy atom. The van der Waals surface area contributed by atoms with E-state index in [2.05, 4.69) is 6.07 Å². The van der Waals surface area contributed by atoms with Crippen LogP contribution in [0.25, 0.3) is 0 Å². The Labute approximate surface area is 123 Å². The zero-order valence-electron chi connectivity index (χ0n) is 11.5. The molecule has 1 aliphatic carbocycles. The number of benzene rings is 1. The first-order valence-electron chi connectivity index (χ1n) is 6.45. The summed E-state index contributed by atoms with van der Waals surface area (Å²) >= 11 is 6.19. The van der Waals surface area contributed by atoms with Crippen molar-refractivity contribution in [1.29, 1.82) is 5.26 Å². The fraction of sp³-hybridized carbons (Fsp3) is 0.467. The van der Waals surface area contributed by atoms with E-state index in [0.717, 1.165) is 31.2 Å². The molecular formula is C15H16ClNO3. The van der Waals surface area contributed by atoms with Crippen molar-refractivity contribution in [2.45, 2.75) is 31.1 Å². The number of ether oxygens (including phenoxy) is 2. The molecule has 1 saturated carbocycles. The molecule has 1 aromatic rings. The van der Waals surface area contributed by atoms with Crippen molar-refractivity contribution in [2.75, 3.05) is 14.2 Å². The average Bonchev–Trinajstić information content (AvgIpc) is 2.95. The lowest BCUT2D eigenvalue weighted by Gasteiger charge is -2.22. The van der Waals surface area contributed by atoms with Gasteiger partial charge in [-0.1, -0.05) is 24.4 Å². The third-order valence-corrected chi connectivity index (χ3v) is 4.19. The van der Waals surface area contributed by atoms with Crippen molar-refractivity contribution < 1.29 is 14.3 Å². The third kappa shape index (κ3) is 2.34. The molecule has 0 aromatic heterocycles. The molecule has 5 heteroatoms. The Bertz CT molecular complexity index is 571. The molecule has 106 valence electrons. The Hall–Kier alpha value is -1.73. The quantitative estimate of drug-likeness (QED) is 0.801. The predicted octanol–water partition coefficient (Wildman–Crippen LogP) is 3.47. The average molecular weight is 294 g/mol. The van der Waals surface area contributed by atoms with E-state index in [1.807, 2.05) is 0 Å². The van der Waals surface area contributed by atoms with E-state index >= 15 is 0 Å². The first-order valence-corrected chi connectivity index (χ1v) is 6.83. The maximum Gasteiger partial charge on any atom is 0.343 e. The monoisotopic (exact) mass is 293 g/mol. The maximum atomic E-state index is 11.7. The van der Waals surface area contributed by atoms with Gasteiger partial charge in [0, 0.05) is 0 Å². The zero-order valence-corrected chi connectivity index (χ0v) is 12.3. The molecule has 1 aliphatic rings. The lowest BCUT2D eigenvalue weighted by atomic mass is 9.80. The number of carbonyl (C=O) groups is 1. The molecule has 0 spiro atoms. The van der Waals surface area contributed by atoms with Gasteiger partial charge in [-0.2, -0.15) is 5.26 Å². The van der Waals surface area contributed by atoms with Crippen molar-refractivity contribution in [3.63, 3.8) is 0 Å². The summed E-state index contributed by atoms with van der Waals surface area (Å²) in [5.74, 6) is -0.197. The van der Waals surface area contributed by atoms with E-state index in [1.54, 1.807) is 12.1 Å². The molecule has 0 bridgehead atoms. The molecule has 0 unspecified atom stereocenters. The van der Waals surface area contributed by atoms with Crippen LogP contribution in [0.3, 0.4) is 0 Å². The van der Waals surface area contributed by atoms with Crippen LogP contribution in [0.4, 0.5) is 0 Å². The summed E-state index contributed by atoms with van der Waals surface area (Å²) in [7, 11) is 2.76. The summed E-state index contributed by atoms with van der Waals surface area (Å²) in [5, 5.41) is 9.78. The van der Waals surface area contributed by atoms with Crippen LogP contribution in [0, 0.1) is 11.3 Å². The highest BCUT2D eigenvalue weighted by molar-refractivity contribution is 6.34. The van der Waals surface area contributed by atoms with Crippen LogP contribution in [0.2, 0.25) is 5.02 Å². The van der Waals surface area contributed by atoms with Crippen LogP contribution >= 0.6 is 11.6 Å². The molecule has 4 nitrogen and oxygen atoms in total. The minimum atomic E-state index is -0.546. The summed E-state index contributed by atoms with van der Waals surface area (Å²) in [6, 6.07) is 5.82. The van der Waals surface area contributed by atoms with E-state index in [4.69, 9.17) is 21.1 Å². The van der Waals surface area contributed by atoms with Crippen molar-refractivity contribution >= 4 is 17.6 Å². The van der Waals surface area contributed by atoms with Crippen LogP contribution in [-0.4, -0.2) is 20.2 Å². The molecule has 0 saturated heterocycles. The molecule has 2 rings (SSSR count). The van der Waals surface area contributed by atoms with Gasteiger partial charge in [-0.15, -0.1) is 0 Å². The van der Waals surface area contributed by atoms with E-state index in [9.17, 15) is 10.1 Å². The number of nitriles is 1. The first kappa shape index (κ1) is 14.7. The number of methoxy groups -OCH3 is 2. The van der Waals surface area contributed by atoms with Gasteiger partial charge in [-0.3, -0.25) is 0 Å². The number of esters is 1. The zero-order chi connectivity index (χ0) is 14.8. The highest BCUT2D eigenvalue weighted by atomic mass is 35.5. The van der Waals surface area contributed by atoms with Gasteiger partial charge in [0.1, 0.15) is 11.3 Å². The molecule has 20 heavy (non-hydrogen) atoms. The second-order valence-electron chi connectivity index (χ2n) is 4.93. The minimum Gasteiger partial charge on any atom is -0.496 e. The van der Waals surface area contributed by atoms with Crippen molar-refractivity contribution in [2.24, 2.45) is 0 Å². The van der Waals surface area contributed by atoms with E-state index in [-0.39, 0.29) is 10.6 Å². The molecule has 0 aliphatic heterocycles. The summed E-state index contributed by atoms with van der Waals surface area (Å²) < 4.78 is 9.95. The highest BCUT2D eigenvalue weighted by Gasteiger charge is 2.37. The number of carbonyl (C=O) groups excluding carboxylic acids is 1. The lowest BCUT2D eigenvalue weighted by molar-refractivity contribution is 0.0597. The smallest absolute Gasteiger partial charge is 0.343 e. The summed E-state index contributed by atoms with van der Waals surface area (Å²) in [4.78, 5) is 11.7. The van der Waals surface area contributed by atoms with Crippen molar-refractivity contribution in [3.8, 4) is 11.8 Å². The maximum absolute atomic E-state index is 11.7. The number of nitrogens with zero attached hydrogens (tertiary/aromatic N) is 1. The summed E-state index contributed by atoms with van der Waals surface area (Å²) in [5.41, 5.74) is 0.490. The number of hydrogen-bond donors (Lipinski definition) is 0. The first-order chi connectivity index (χ1) is 9.57. The van der Waals surface area contributed by atoms with Crippen LogP contribution in [-0.2, 0) is 10.2 Å². The van der Waals surface area contributed by atoms with Gasteiger partial charge < -0.3 is 9.47 Å². The number of halogens is 1. The Kier molecular flexibility index (Phi) is 4.20. The van der Waals surface area contributed by atoms with E-state index in [0.29, 0.717) is 5.75 Å². The molecule has 0 N–H and O–H groups in total. The fourth-order valence-corrected chi connectivity index (χ4v) is 3.05. The number of hydrogen-bond acceptors (Lipinski definition) is 4. The molecule has 1 fully saturated rings. The Morgan fingerprint density at radius 3 is 2.50 bits per heavy atom. The minimum absolute atomic E-state index is 0.200. The van der Waals surface area contributed by atoms with Gasteiger partial charge in [0.2, 0.25) is 0 Å². The fourth-order valence-electron chi connectivity index (χ4n) is 2.76. The van der Waals surface area contributed by atoms with Crippen molar-refractivity contribution in [3.05, 3.63) is 28.3 Å². The SMILES string of the molecule is COC(=O)c1c(Cl)cc(C2(C#N)CCCC2)cc1OC. The number of rotatable bonds is 3. The second kappa shape index (κ2) is 5.72. The normalized spacial score (nSPS) is 16.5. The van der Waals surface area contributed by atoms with Crippen LogP contribution in [0.5, 0.6) is 5.75 Å². The molecular weight excluding hydrogens is 278 g/mol. The molecule has 0 radical (unpaired) electrons. The summed E-state index contributed by atoms with van der Waals surface area (Å²) in [6.45, 7) is 0.